The van der Waals surface area contributed by atoms with E-state index < -0.39 is 169 Å². The average Bonchev–Trinajstić information content (AvgIpc) is 4.03. The number of nitrogens with one attached hydrogen (secondary N) is 9. The molecule has 0 aliphatic carbocycles. The second kappa shape index (κ2) is 33.8. The van der Waals surface area contributed by atoms with Crippen LogP contribution in [-0.2, 0) is 75.2 Å². The predicted molar refractivity (Wildman–Crippen MR) is 301 cm³/mol. The van der Waals surface area contributed by atoms with Gasteiger partial charge in [-0.2, -0.15) is 25.3 Å². The second-order valence-corrected chi connectivity index (χ2v) is 20.9. The number of amides is 10. The topological polar surface area (TPSA) is 481 Å². The summed E-state index contributed by atoms with van der Waals surface area (Å²) in [5.41, 5.74) is 6.77. The molecule has 1 heterocycles. The Kier molecular flexibility index (Phi) is 28.2. The van der Waals surface area contributed by atoms with E-state index in [1.54, 1.807) is 0 Å². The smallest absolute Gasteiger partial charge is 0.326 e. The maximum atomic E-state index is 14.4. The lowest BCUT2D eigenvalue weighted by Gasteiger charge is -2.29. The molecule has 0 radical (unpaired) electrons. The first-order valence-corrected chi connectivity index (χ1v) is 27.6. The maximum Gasteiger partial charge on any atom is 0.326 e. The molecule has 32 heteroatoms. The van der Waals surface area contributed by atoms with Gasteiger partial charge in [0.15, 0.2) is 0 Å². The Labute approximate surface area is 492 Å². The van der Waals surface area contributed by atoms with Crippen molar-refractivity contribution in [3.8, 4) is 11.5 Å². The third kappa shape index (κ3) is 22.8. The molecule has 1 saturated heterocycles. The molecule has 0 saturated carbocycles. The highest BCUT2D eigenvalue weighted by Crippen LogP contribution is 2.21. The standard InChI is InChI=1S/C52H73N11O19S2/c1-24(2)16-31(53)51(80)63-15-5-6-38(63)49(78)60-37(23-84)48(77)58-34(19-40(68)69)46(75)57-33(18-28-9-13-30(66)14-10-28)45(74)56-32(17-27-7-11-29(65)12-8-27)44(73)54-21-39(67)62-42(26(4)64)50(79)61-36(22-83)47(76)55-25(3)43(72)59-35(52(81)82)20-41(70)71/h7-14,24-26,31-38,42,64-66,83-84H,5-6,15-23,53H2,1-4H3,(H,54,73)(H,55,76)(H,56,74)(H,57,75)(H,58,77)(H,59,72)(H,60,78)(H,61,79)(H,62,67)(H,68,69)(H,70,71)(H,81,82)/t25-,26+,31-,32-,33-,34-,35-,36-,37-,38-,42-/m0/s1. The van der Waals surface area contributed by atoms with Crippen LogP contribution in [-0.4, -0.2) is 204 Å². The highest BCUT2D eigenvalue weighted by molar-refractivity contribution is 7.80. The van der Waals surface area contributed by atoms with Crippen molar-refractivity contribution < 1.29 is 93.0 Å². The molecule has 84 heavy (non-hydrogen) atoms. The molecular weight excluding hydrogens is 1150 g/mol. The summed E-state index contributed by atoms with van der Waals surface area (Å²) in [6, 6.07) is -4.63. The van der Waals surface area contributed by atoms with Crippen molar-refractivity contribution in [2.24, 2.45) is 11.7 Å². The monoisotopic (exact) mass is 1220 g/mol. The number of nitrogens with two attached hydrogens (primary N) is 1. The van der Waals surface area contributed by atoms with Gasteiger partial charge in [0.1, 0.15) is 65.9 Å². The number of likely N-dealkylation sites (tertiary alicyclic amines) is 1. The van der Waals surface area contributed by atoms with Gasteiger partial charge in [-0.25, -0.2) is 4.79 Å². The van der Waals surface area contributed by atoms with Gasteiger partial charge in [0, 0.05) is 30.9 Å². The Bertz CT molecular complexity index is 2700. The van der Waals surface area contributed by atoms with E-state index in [0.717, 1.165) is 13.8 Å². The van der Waals surface area contributed by atoms with E-state index in [4.69, 9.17) is 10.8 Å². The molecule has 17 N–H and O–H groups in total. The number of carbonyl (C=O) groups excluding carboxylic acids is 10. The van der Waals surface area contributed by atoms with Gasteiger partial charge in [-0.1, -0.05) is 38.1 Å². The lowest BCUT2D eigenvalue weighted by molar-refractivity contribution is -0.147. The third-order valence-electron chi connectivity index (χ3n) is 12.8. The number of hydrogen-bond donors (Lipinski definition) is 18. The summed E-state index contributed by atoms with van der Waals surface area (Å²) in [4.78, 5) is 171. The third-order valence-corrected chi connectivity index (χ3v) is 13.5. The van der Waals surface area contributed by atoms with E-state index in [2.05, 4.69) is 67.8 Å². The number of aromatic hydroxyl groups is 2. The number of benzene rings is 2. The first-order chi connectivity index (χ1) is 39.4. The van der Waals surface area contributed by atoms with Crippen LogP contribution in [0.1, 0.15) is 70.9 Å². The zero-order valence-corrected chi connectivity index (χ0v) is 48.0. The van der Waals surface area contributed by atoms with E-state index in [1.165, 1.54) is 53.4 Å². The molecule has 2 aromatic carbocycles. The maximum absolute atomic E-state index is 14.4. The van der Waals surface area contributed by atoms with E-state index in [0.29, 0.717) is 24.0 Å². The molecule has 10 amide bonds. The number of phenols is 2. The van der Waals surface area contributed by atoms with E-state index in [1.807, 2.05) is 19.2 Å². The van der Waals surface area contributed by atoms with E-state index in [-0.39, 0.29) is 49.0 Å². The zero-order chi connectivity index (χ0) is 63.1. The van der Waals surface area contributed by atoms with Crippen LogP contribution in [0.5, 0.6) is 11.5 Å². The fourth-order valence-corrected chi connectivity index (χ4v) is 8.88. The summed E-state index contributed by atoms with van der Waals surface area (Å²) < 4.78 is 0. The molecule has 0 aromatic heterocycles. The molecule has 462 valence electrons. The van der Waals surface area contributed by atoms with Gasteiger partial charge in [-0.05, 0) is 74.4 Å². The lowest BCUT2D eigenvalue weighted by Crippen LogP contribution is -2.61. The van der Waals surface area contributed by atoms with Gasteiger partial charge in [0.25, 0.3) is 0 Å². The summed E-state index contributed by atoms with van der Waals surface area (Å²) in [5, 5.41) is 79.1. The van der Waals surface area contributed by atoms with Crippen LogP contribution in [0, 0.1) is 5.92 Å². The van der Waals surface area contributed by atoms with Gasteiger partial charge >= 0.3 is 17.9 Å². The molecule has 1 fully saturated rings. The molecule has 0 bridgehead atoms. The highest BCUT2D eigenvalue weighted by Gasteiger charge is 2.39. The molecular formula is C52H73N11O19S2. The minimum Gasteiger partial charge on any atom is -0.508 e. The van der Waals surface area contributed by atoms with Crippen molar-refractivity contribution in [1.29, 1.82) is 0 Å². The number of nitrogens with zero attached hydrogens (tertiary/aromatic N) is 1. The number of aliphatic carboxylic acids is 3. The number of phenolic OH excluding ortho intramolecular Hbond substituents is 2. The molecule has 0 unspecified atom stereocenters. The number of aliphatic hydroxyl groups excluding tert-OH is 1. The van der Waals surface area contributed by atoms with E-state index >= 15 is 0 Å². The van der Waals surface area contributed by atoms with E-state index in [9.17, 15) is 87.9 Å². The minimum absolute atomic E-state index is 0.0818. The first kappa shape index (κ1) is 70.0. The molecule has 0 spiro atoms. The quantitative estimate of drug-likeness (QED) is 0.0300. The predicted octanol–water partition coefficient (Wildman–Crippen LogP) is -4.46. The first-order valence-electron chi connectivity index (χ1n) is 26.3. The van der Waals surface area contributed by atoms with Gasteiger partial charge in [-0.3, -0.25) is 57.5 Å². The molecule has 1 aliphatic heterocycles. The molecule has 30 nitrogen and oxygen atoms in total. The van der Waals surface area contributed by atoms with Crippen molar-refractivity contribution in [1.82, 2.24) is 52.8 Å². The Morgan fingerprint density at radius 1 is 0.571 bits per heavy atom. The summed E-state index contributed by atoms with van der Waals surface area (Å²) in [5.74, 6) is -15.8. The van der Waals surface area contributed by atoms with Crippen molar-refractivity contribution in [2.45, 2.75) is 139 Å². The average molecular weight is 1220 g/mol. The Hall–Kier alpha value is -8.23. The van der Waals surface area contributed by atoms with Crippen LogP contribution >= 0.6 is 25.3 Å². The van der Waals surface area contributed by atoms with Gasteiger partial charge in [0.2, 0.25) is 59.1 Å². The zero-order valence-electron chi connectivity index (χ0n) is 46.2. The minimum atomic E-state index is -1.92. The van der Waals surface area contributed by atoms with Crippen LogP contribution < -0.4 is 53.6 Å². The number of thiol groups is 2. The highest BCUT2D eigenvalue weighted by atomic mass is 32.1. The fraction of sp³-hybridized carbons (Fsp3) is 0.519. The van der Waals surface area contributed by atoms with Gasteiger partial charge in [0.05, 0.1) is 31.5 Å². The number of carboxylic acid groups (broad SMARTS) is 3. The summed E-state index contributed by atoms with van der Waals surface area (Å²) in [6.45, 7) is 5.29. The van der Waals surface area contributed by atoms with Crippen LogP contribution in [0.4, 0.5) is 0 Å². The normalized spacial score (nSPS) is 16.4. The number of carboxylic acids is 3. The Balaban J connectivity index is 1.82. The lowest BCUT2D eigenvalue weighted by atomic mass is 10.0. The largest absolute Gasteiger partial charge is 0.508 e. The SMILES string of the molecule is CC(C)C[C@H](N)C(=O)N1CCC[C@H]1C(=O)N[C@@H](CS)C(=O)N[C@@H](CC(=O)O)C(=O)N[C@@H](Cc1ccc(O)cc1)C(=O)N[C@@H](Cc1ccc(O)cc1)C(=O)NCC(=O)N[C@H](C(=O)N[C@@H](CS)C(=O)N[C@@H](C)C(=O)N[C@@H](CC(=O)O)C(=O)O)[C@@H](C)O. The molecule has 11 atom stereocenters. The molecule has 1 aliphatic rings. The number of carbonyl (C=O) groups is 13. The summed E-state index contributed by atoms with van der Waals surface area (Å²) >= 11 is 8.23. The number of hydrogen-bond acceptors (Lipinski definition) is 19. The van der Waals surface area contributed by atoms with Gasteiger partial charge in [-0.15, -0.1) is 0 Å². The Morgan fingerprint density at radius 3 is 1.50 bits per heavy atom. The van der Waals surface area contributed by atoms with Crippen molar-refractivity contribution in [3.05, 3.63) is 59.7 Å². The second-order valence-electron chi connectivity index (χ2n) is 20.2. The van der Waals surface area contributed by atoms with Crippen LogP contribution in [0.25, 0.3) is 0 Å². The molecule has 3 rings (SSSR count). The fourth-order valence-electron chi connectivity index (χ4n) is 8.37. The van der Waals surface area contributed by atoms with Crippen molar-refractivity contribution in [2.75, 3.05) is 24.6 Å². The van der Waals surface area contributed by atoms with Gasteiger partial charge < -0.3 is 89.1 Å². The van der Waals surface area contributed by atoms with Crippen molar-refractivity contribution >= 4 is 102 Å². The molecule has 2 aromatic rings. The number of rotatable bonds is 33. The van der Waals surface area contributed by atoms with Crippen LogP contribution in [0.2, 0.25) is 0 Å². The Morgan fingerprint density at radius 2 is 1.01 bits per heavy atom. The summed E-state index contributed by atoms with van der Waals surface area (Å²) in [7, 11) is 0. The van der Waals surface area contributed by atoms with Crippen LogP contribution in [0.15, 0.2) is 48.5 Å². The number of aliphatic hydroxyl groups is 1. The van der Waals surface area contributed by atoms with Crippen molar-refractivity contribution in [3.63, 3.8) is 0 Å². The summed E-state index contributed by atoms with van der Waals surface area (Å²) in [6.07, 6.45) is -3.36. The van der Waals surface area contributed by atoms with Crippen LogP contribution in [0.3, 0.4) is 0 Å².